The molecule has 1 aliphatic heterocycles. The summed E-state index contributed by atoms with van der Waals surface area (Å²) in [5.41, 5.74) is 0.702. The van der Waals surface area contributed by atoms with E-state index in [-0.39, 0.29) is 10.8 Å². The zero-order valence-corrected chi connectivity index (χ0v) is 10.2. The minimum atomic E-state index is -3.39. The second-order valence-corrected chi connectivity index (χ2v) is 5.72. The highest BCUT2D eigenvalue weighted by Crippen LogP contribution is 2.18. The van der Waals surface area contributed by atoms with Gasteiger partial charge >= 0.3 is 0 Å². The van der Waals surface area contributed by atoms with Crippen LogP contribution in [0.15, 0.2) is 17.2 Å². The summed E-state index contributed by atoms with van der Waals surface area (Å²) in [6.07, 6.45) is 1.47. The fraction of sp³-hybridized carbons (Fsp3) is 0.556. The van der Waals surface area contributed by atoms with Crippen molar-refractivity contribution >= 4 is 21.6 Å². The van der Waals surface area contributed by atoms with Crippen LogP contribution >= 0.6 is 11.6 Å². The van der Waals surface area contributed by atoms with E-state index >= 15 is 0 Å². The summed E-state index contributed by atoms with van der Waals surface area (Å²) < 4.78 is 30.8. The predicted molar refractivity (Wildman–Crippen MR) is 59.9 cm³/mol. The normalized spacial score (nSPS) is 18.8. The van der Waals surface area contributed by atoms with Crippen molar-refractivity contribution in [2.75, 3.05) is 26.3 Å². The fourth-order valence-electron chi connectivity index (χ4n) is 1.58. The third-order valence-electron chi connectivity index (χ3n) is 2.47. The van der Waals surface area contributed by atoms with Crippen molar-refractivity contribution in [3.63, 3.8) is 0 Å². The van der Waals surface area contributed by atoms with E-state index in [4.69, 9.17) is 16.3 Å². The Morgan fingerprint density at radius 2 is 2.12 bits per heavy atom. The number of alkyl halides is 1. The van der Waals surface area contributed by atoms with E-state index in [0.717, 1.165) is 0 Å². The Bertz CT molecular complexity index is 451. The third-order valence-corrected chi connectivity index (χ3v) is 4.63. The zero-order valence-electron chi connectivity index (χ0n) is 8.65. The first kappa shape index (κ1) is 11.9. The molecule has 1 aliphatic rings. The molecule has 0 amide bonds. The Morgan fingerprint density at radius 3 is 2.69 bits per heavy atom. The van der Waals surface area contributed by atoms with Gasteiger partial charge in [-0.25, -0.2) is 8.42 Å². The van der Waals surface area contributed by atoms with Crippen molar-refractivity contribution in [2.24, 2.45) is 0 Å². The highest BCUT2D eigenvalue weighted by atomic mass is 35.5. The van der Waals surface area contributed by atoms with Gasteiger partial charge in [0.05, 0.1) is 24.0 Å². The molecule has 7 heteroatoms. The number of nitrogens with one attached hydrogen (secondary N) is 1. The van der Waals surface area contributed by atoms with E-state index in [1.165, 1.54) is 10.5 Å². The maximum atomic E-state index is 12.1. The minimum absolute atomic E-state index is 0.269. The average molecular weight is 265 g/mol. The van der Waals surface area contributed by atoms with Gasteiger partial charge in [-0.05, 0) is 6.07 Å². The molecule has 0 radical (unpaired) electrons. The summed E-state index contributed by atoms with van der Waals surface area (Å²) >= 11 is 5.62. The van der Waals surface area contributed by atoms with Gasteiger partial charge in [0.2, 0.25) is 10.0 Å². The number of hydrogen-bond acceptors (Lipinski definition) is 3. The first-order valence-corrected chi connectivity index (χ1v) is 6.93. The van der Waals surface area contributed by atoms with Gasteiger partial charge in [0.25, 0.3) is 0 Å². The number of hydrogen-bond donors (Lipinski definition) is 1. The molecular formula is C9H13ClN2O3S. The molecule has 0 atom stereocenters. The van der Waals surface area contributed by atoms with Gasteiger partial charge in [-0.1, -0.05) is 0 Å². The first-order chi connectivity index (χ1) is 7.64. The van der Waals surface area contributed by atoms with Gasteiger partial charge in [-0.15, -0.1) is 11.6 Å². The lowest BCUT2D eigenvalue weighted by molar-refractivity contribution is 0.0730. The van der Waals surface area contributed by atoms with E-state index in [2.05, 4.69) is 4.98 Å². The Morgan fingerprint density at radius 1 is 1.44 bits per heavy atom. The smallest absolute Gasteiger partial charge is 0.244 e. The Balaban J connectivity index is 2.23. The van der Waals surface area contributed by atoms with Crippen LogP contribution in [-0.2, 0) is 20.6 Å². The quantitative estimate of drug-likeness (QED) is 0.821. The second-order valence-electron chi connectivity index (χ2n) is 3.51. The lowest BCUT2D eigenvalue weighted by Gasteiger charge is -2.25. The Hall–Kier alpha value is -0.560. The number of aromatic nitrogens is 1. The zero-order chi connectivity index (χ0) is 11.6. The molecule has 1 aromatic heterocycles. The van der Waals surface area contributed by atoms with Crippen LogP contribution in [-0.4, -0.2) is 44.0 Å². The van der Waals surface area contributed by atoms with Gasteiger partial charge < -0.3 is 9.72 Å². The molecular weight excluding hydrogens is 252 g/mol. The summed E-state index contributed by atoms with van der Waals surface area (Å²) in [5.74, 6) is 0.276. The number of sulfonamides is 1. The van der Waals surface area contributed by atoms with Crippen molar-refractivity contribution in [3.05, 3.63) is 18.0 Å². The van der Waals surface area contributed by atoms with E-state index in [1.807, 2.05) is 0 Å². The molecule has 0 saturated carbocycles. The van der Waals surface area contributed by atoms with Crippen LogP contribution in [0.5, 0.6) is 0 Å². The lowest BCUT2D eigenvalue weighted by atomic mass is 10.5. The minimum Gasteiger partial charge on any atom is -0.379 e. The average Bonchev–Trinajstić information content (AvgIpc) is 2.79. The molecule has 1 fully saturated rings. The number of H-pyrrole nitrogens is 1. The highest BCUT2D eigenvalue weighted by Gasteiger charge is 2.26. The first-order valence-electron chi connectivity index (χ1n) is 4.96. The molecule has 0 spiro atoms. The number of rotatable bonds is 3. The maximum absolute atomic E-state index is 12.1. The molecule has 16 heavy (non-hydrogen) atoms. The van der Waals surface area contributed by atoms with E-state index < -0.39 is 10.0 Å². The Kier molecular flexibility index (Phi) is 3.53. The van der Waals surface area contributed by atoms with Crippen molar-refractivity contribution in [3.8, 4) is 0 Å². The number of ether oxygens (including phenoxy) is 1. The van der Waals surface area contributed by atoms with Crippen LogP contribution in [0.1, 0.15) is 5.69 Å². The monoisotopic (exact) mass is 264 g/mol. The molecule has 1 N–H and O–H groups in total. The number of aromatic amines is 1. The van der Waals surface area contributed by atoms with Crippen molar-refractivity contribution in [1.29, 1.82) is 0 Å². The van der Waals surface area contributed by atoms with Crippen LogP contribution in [0.3, 0.4) is 0 Å². The third kappa shape index (κ3) is 2.24. The molecule has 5 nitrogen and oxygen atoms in total. The van der Waals surface area contributed by atoms with Crippen molar-refractivity contribution in [1.82, 2.24) is 9.29 Å². The number of halogens is 1. The van der Waals surface area contributed by atoms with Crippen LogP contribution in [0.4, 0.5) is 0 Å². The van der Waals surface area contributed by atoms with E-state index in [9.17, 15) is 8.42 Å². The largest absolute Gasteiger partial charge is 0.379 e. The maximum Gasteiger partial charge on any atom is 0.244 e. The molecule has 0 bridgehead atoms. The highest BCUT2D eigenvalue weighted by molar-refractivity contribution is 7.89. The summed E-state index contributed by atoms with van der Waals surface area (Å²) in [7, 11) is -3.39. The topological polar surface area (TPSA) is 62.4 Å². The van der Waals surface area contributed by atoms with Gasteiger partial charge in [0, 0.05) is 25.0 Å². The molecule has 2 heterocycles. The van der Waals surface area contributed by atoms with E-state index in [1.54, 1.807) is 6.07 Å². The fourth-order valence-corrected chi connectivity index (χ4v) is 3.16. The van der Waals surface area contributed by atoms with Gasteiger partial charge in [-0.3, -0.25) is 0 Å². The van der Waals surface area contributed by atoms with Crippen LogP contribution in [0, 0.1) is 0 Å². The Labute approximate surface area is 99.4 Å². The summed E-state index contributed by atoms with van der Waals surface area (Å²) in [4.78, 5) is 3.10. The summed E-state index contributed by atoms with van der Waals surface area (Å²) in [6.45, 7) is 1.71. The van der Waals surface area contributed by atoms with Gasteiger partial charge in [0.15, 0.2) is 0 Å². The molecule has 0 aliphatic carbocycles. The summed E-state index contributed by atoms with van der Waals surface area (Å²) in [6, 6.07) is 1.57. The number of nitrogens with zero attached hydrogens (tertiary/aromatic N) is 1. The SMILES string of the molecule is O=S(=O)(c1c[nH]c(CCl)c1)N1CCOCC1. The van der Waals surface area contributed by atoms with Gasteiger partial charge in [-0.2, -0.15) is 4.31 Å². The standard InChI is InChI=1S/C9H13ClN2O3S/c10-6-8-5-9(7-11-8)16(13,14)12-1-3-15-4-2-12/h5,7,11H,1-4,6H2. The molecule has 0 aromatic carbocycles. The molecule has 1 saturated heterocycles. The lowest BCUT2D eigenvalue weighted by Crippen LogP contribution is -2.40. The number of morpholine rings is 1. The predicted octanol–water partition coefficient (Wildman–Crippen LogP) is 0.774. The second kappa shape index (κ2) is 4.75. The van der Waals surface area contributed by atoms with Crippen LogP contribution in [0.2, 0.25) is 0 Å². The molecule has 1 aromatic rings. The van der Waals surface area contributed by atoms with Crippen molar-refractivity contribution < 1.29 is 13.2 Å². The van der Waals surface area contributed by atoms with Gasteiger partial charge in [0.1, 0.15) is 0 Å². The summed E-state index contributed by atoms with van der Waals surface area (Å²) in [5, 5.41) is 0. The van der Waals surface area contributed by atoms with Crippen LogP contribution < -0.4 is 0 Å². The molecule has 0 unspecified atom stereocenters. The molecule has 2 rings (SSSR count). The van der Waals surface area contributed by atoms with Crippen molar-refractivity contribution in [2.45, 2.75) is 10.8 Å². The van der Waals surface area contributed by atoms with E-state index in [0.29, 0.717) is 32.0 Å². The molecule has 90 valence electrons. The van der Waals surface area contributed by atoms with Crippen LogP contribution in [0.25, 0.3) is 0 Å².